The molecule has 0 saturated heterocycles. The summed E-state index contributed by atoms with van der Waals surface area (Å²) in [5.74, 6) is -2.16. The van der Waals surface area contributed by atoms with Crippen LogP contribution in [0, 0.1) is 11.6 Å². The van der Waals surface area contributed by atoms with Gasteiger partial charge >= 0.3 is 10.1 Å². The Balaban J connectivity index is 2.29. The molecule has 0 aliphatic heterocycles. The third-order valence-electron chi connectivity index (χ3n) is 2.93. The molecule has 0 N–H and O–H groups in total. The van der Waals surface area contributed by atoms with Gasteiger partial charge in [0.1, 0.15) is 10.7 Å². The van der Waals surface area contributed by atoms with E-state index in [1.54, 1.807) is 12.1 Å². The molecule has 112 valence electrons. The van der Waals surface area contributed by atoms with Gasteiger partial charge in [0.05, 0.1) is 0 Å². The molecular formula is C15H14F2O3S. The Bertz CT molecular complexity index is 738. The summed E-state index contributed by atoms with van der Waals surface area (Å²) in [6.07, 6.45) is 0. The number of rotatable bonds is 4. The zero-order valence-corrected chi connectivity index (χ0v) is 12.3. The Labute approximate surface area is 122 Å². The summed E-state index contributed by atoms with van der Waals surface area (Å²) in [5.41, 5.74) is 0.974. The molecule has 2 rings (SSSR count). The van der Waals surface area contributed by atoms with Gasteiger partial charge in [-0.3, -0.25) is 0 Å². The maximum Gasteiger partial charge on any atom is 0.339 e. The first-order valence-corrected chi connectivity index (χ1v) is 7.70. The van der Waals surface area contributed by atoms with E-state index >= 15 is 0 Å². The molecule has 0 atom stereocenters. The molecule has 21 heavy (non-hydrogen) atoms. The third-order valence-corrected chi connectivity index (χ3v) is 4.18. The normalized spacial score (nSPS) is 11.7. The first-order valence-electron chi connectivity index (χ1n) is 6.29. The lowest BCUT2D eigenvalue weighted by Crippen LogP contribution is -2.11. The van der Waals surface area contributed by atoms with Crippen molar-refractivity contribution in [3.05, 3.63) is 59.7 Å². The maximum atomic E-state index is 13.4. The molecule has 0 amide bonds. The van der Waals surface area contributed by atoms with Gasteiger partial charge in [-0.2, -0.15) is 8.42 Å². The van der Waals surface area contributed by atoms with Crippen LogP contribution in [0.4, 0.5) is 8.78 Å². The lowest BCUT2D eigenvalue weighted by atomic mass is 10.0. The third kappa shape index (κ3) is 3.58. The first-order chi connectivity index (χ1) is 9.79. The van der Waals surface area contributed by atoms with E-state index in [0.29, 0.717) is 6.07 Å². The van der Waals surface area contributed by atoms with Crippen LogP contribution >= 0.6 is 0 Å². The molecule has 0 radical (unpaired) electrons. The number of halogens is 2. The van der Waals surface area contributed by atoms with E-state index in [4.69, 9.17) is 4.18 Å². The fourth-order valence-electron chi connectivity index (χ4n) is 1.73. The van der Waals surface area contributed by atoms with Crippen LogP contribution in [0.3, 0.4) is 0 Å². The molecule has 0 saturated carbocycles. The van der Waals surface area contributed by atoms with Gasteiger partial charge in [-0.25, -0.2) is 8.78 Å². The van der Waals surface area contributed by atoms with Gasteiger partial charge in [0.15, 0.2) is 11.6 Å². The molecule has 0 heterocycles. The van der Waals surface area contributed by atoms with Crippen LogP contribution in [0.25, 0.3) is 0 Å². The van der Waals surface area contributed by atoms with Crippen LogP contribution in [0.2, 0.25) is 0 Å². The first kappa shape index (κ1) is 15.4. The number of benzene rings is 2. The highest BCUT2D eigenvalue weighted by molar-refractivity contribution is 7.87. The predicted octanol–water partition coefficient (Wildman–Crippen LogP) is 3.86. The highest BCUT2D eigenvalue weighted by Crippen LogP contribution is 2.24. The fraction of sp³-hybridized carbons (Fsp3) is 0.200. The second-order valence-corrected chi connectivity index (χ2v) is 6.38. The molecule has 0 fully saturated rings. The van der Waals surface area contributed by atoms with Gasteiger partial charge in [0.2, 0.25) is 0 Å². The molecule has 2 aromatic rings. The lowest BCUT2D eigenvalue weighted by Gasteiger charge is -2.09. The van der Waals surface area contributed by atoms with Gasteiger partial charge < -0.3 is 4.18 Å². The molecule has 0 bridgehead atoms. The van der Waals surface area contributed by atoms with Gasteiger partial charge in [-0.05, 0) is 35.7 Å². The fourth-order valence-corrected chi connectivity index (χ4v) is 2.67. The minimum Gasteiger partial charge on any atom is -0.376 e. The minimum absolute atomic E-state index is 0.0874. The van der Waals surface area contributed by atoms with Gasteiger partial charge in [-0.1, -0.05) is 26.0 Å². The largest absolute Gasteiger partial charge is 0.376 e. The van der Waals surface area contributed by atoms with E-state index < -0.39 is 27.5 Å². The summed E-state index contributed by atoms with van der Waals surface area (Å²) in [6, 6.07) is 8.55. The lowest BCUT2D eigenvalue weighted by molar-refractivity contribution is 0.457. The Morgan fingerprint density at radius 2 is 1.62 bits per heavy atom. The summed E-state index contributed by atoms with van der Waals surface area (Å²) in [4.78, 5) is -0.0874. The maximum absolute atomic E-state index is 13.4. The van der Waals surface area contributed by atoms with Crippen molar-refractivity contribution >= 4 is 10.1 Å². The van der Waals surface area contributed by atoms with E-state index in [-0.39, 0.29) is 10.8 Å². The van der Waals surface area contributed by atoms with Crippen LogP contribution in [0.1, 0.15) is 25.3 Å². The van der Waals surface area contributed by atoms with Crippen molar-refractivity contribution in [1.29, 1.82) is 0 Å². The van der Waals surface area contributed by atoms with E-state index in [9.17, 15) is 17.2 Å². The van der Waals surface area contributed by atoms with Crippen LogP contribution in [-0.2, 0) is 10.1 Å². The van der Waals surface area contributed by atoms with Crippen LogP contribution in [0.15, 0.2) is 47.4 Å². The van der Waals surface area contributed by atoms with Gasteiger partial charge in [-0.15, -0.1) is 0 Å². The second-order valence-electron chi connectivity index (χ2n) is 4.84. The van der Waals surface area contributed by atoms with Gasteiger partial charge in [0, 0.05) is 6.07 Å². The summed E-state index contributed by atoms with van der Waals surface area (Å²) in [5, 5.41) is 0. The molecule has 3 nitrogen and oxygen atoms in total. The summed E-state index contributed by atoms with van der Waals surface area (Å²) in [6.45, 7) is 3.96. The summed E-state index contributed by atoms with van der Waals surface area (Å²) < 4.78 is 55.0. The van der Waals surface area contributed by atoms with Crippen molar-refractivity contribution in [3.8, 4) is 5.75 Å². The monoisotopic (exact) mass is 312 g/mol. The molecule has 0 aliphatic rings. The topological polar surface area (TPSA) is 43.4 Å². The number of hydrogen-bond acceptors (Lipinski definition) is 3. The number of hydrogen-bond donors (Lipinski definition) is 0. The SMILES string of the molecule is CC(C)c1ccc(S(=O)(=O)Oc2ccc(F)cc2F)cc1. The minimum atomic E-state index is -4.15. The van der Waals surface area contributed by atoms with Crippen molar-refractivity contribution in [2.75, 3.05) is 0 Å². The van der Waals surface area contributed by atoms with E-state index in [2.05, 4.69) is 0 Å². The van der Waals surface area contributed by atoms with E-state index in [0.717, 1.165) is 17.7 Å². The smallest absolute Gasteiger partial charge is 0.339 e. The quantitative estimate of drug-likeness (QED) is 0.805. The Morgan fingerprint density at radius 3 is 2.14 bits per heavy atom. The average molecular weight is 312 g/mol. The second kappa shape index (κ2) is 5.81. The molecule has 0 spiro atoms. The van der Waals surface area contributed by atoms with E-state index in [1.165, 1.54) is 12.1 Å². The summed E-state index contributed by atoms with van der Waals surface area (Å²) >= 11 is 0. The molecule has 0 aliphatic carbocycles. The zero-order chi connectivity index (χ0) is 15.6. The molecular weight excluding hydrogens is 298 g/mol. The van der Waals surface area contributed by atoms with Gasteiger partial charge in [0.25, 0.3) is 0 Å². The van der Waals surface area contributed by atoms with Crippen molar-refractivity contribution in [3.63, 3.8) is 0 Å². The van der Waals surface area contributed by atoms with Crippen molar-refractivity contribution in [2.24, 2.45) is 0 Å². The highest BCUT2D eigenvalue weighted by atomic mass is 32.2. The Hall–Kier alpha value is -1.95. The molecule has 6 heteroatoms. The average Bonchev–Trinajstić information content (AvgIpc) is 2.42. The Kier molecular flexibility index (Phi) is 4.27. The van der Waals surface area contributed by atoms with Crippen molar-refractivity contribution in [1.82, 2.24) is 0 Å². The molecule has 2 aromatic carbocycles. The van der Waals surface area contributed by atoms with E-state index in [1.807, 2.05) is 13.8 Å². The van der Waals surface area contributed by atoms with Crippen LogP contribution < -0.4 is 4.18 Å². The van der Waals surface area contributed by atoms with Crippen molar-refractivity contribution in [2.45, 2.75) is 24.7 Å². The summed E-state index contributed by atoms with van der Waals surface area (Å²) in [7, 11) is -4.15. The molecule has 0 aromatic heterocycles. The molecule has 0 unspecified atom stereocenters. The zero-order valence-electron chi connectivity index (χ0n) is 11.5. The van der Waals surface area contributed by atoms with Crippen LogP contribution in [-0.4, -0.2) is 8.42 Å². The predicted molar refractivity (Wildman–Crippen MR) is 74.7 cm³/mol. The standard InChI is InChI=1S/C15H14F2O3S/c1-10(2)11-3-6-13(7-4-11)21(18,19)20-15-8-5-12(16)9-14(15)17/h3-10H,1-2H3. The van der Waals surface area contributed by atoms with Crippen molar-refractivity contribution < 1.29 is 21.4 Å². The highest BCUT2D eigenvalue weighted by Gasteiger charge is 2.19. The Morgan fingerprint density at radius 1 is 1.00 bits per heavy atom. The van der Waals surface area contributed by atoms with Crippen LogP contribution in [0.5, 0.6) is 5.75 Å².